The molecule has 150 valence electrons. The molecule has 0 unspecified atom stereocenters. The Hall–Kier alpha value is -3.23. The fourth-order valence-electron chi connectivity index (χ4n) is 3.93. The average Bonchev–Trinajstić information content (AvgIpc) is 3.19. The van der Waals surface area contributed by atoms with E-state index in [0.29, 0.717) is 12.0 Å². The van der Waals surface area contributed by atoms with Gasteiger partial charge in [0.25, 0.3) is 0 Å². The van der Waals surface area contributed by atoms with Crippen molar-refractivity contribution < 1.29 is 9.59 Å². The fourth-order valence-corrected chi connectivity index (χ4v) is 5.17. The number of hydrogen-bond donors (Lipinski definition) is 0. The molecule has 2 aromatic heterocycles. The first-order valence-electron chi connectivity index (χ1n) is 9.79. The second kappa shape index (κ2) is 7.55. The van der Waals surface area contributed by atoms with Crippen molar-refractivity contribution in [3.05, 3.63) is 74.9 Å². The second-order valence-corrected chi connectivity index (χ2v) is 8.85. The van der Waals surface area contributed by atoms with Crippen LogP contribution in [-0.2, 0) is 4.79 Å². The lowest BCUT2D eigenvalue weighted by molar-refractivity contribution is -0.117. The van der Waals surface area contributed by atoms with E-state index in [4.69, 9.17) is 11.4 Å². The lowest BCUT2D eigenvalue weighted by Gasteiger charge is -2.13. The van der Waals surface area contributed by atoms with Crippen LogP contribution in [0.3, 0.4) is 0 Å². The van der Waals surface area contributed by atoms with Gasteiger partial charge in [0.1, 0.15) is 10.8 Å². The molecule has 0 bridgehead atoms. The minimum Gasteiger partial charge on any atom is -0.307 e. The maximum Gasteiger partial charge on any atom is 0.235 e. The van der Waals surface area contributed by atoms with Gasteiger partial charge < -0.3 is 4.57 Å². The van der Waals surface area contributed by atoms with Gasteiger partial charge in [0.15, 0.2) is 0 Å². The predicted molar refractivity (Wildman–Crippen MR) is 121 cm³/mol. The molecule has 0 radical (unpaired) electrons. The highest BCUT2D eigenvalue weighted by molar-refractivity contribution is 7.15. The van der Waals surface area contributed by atoms with Crippen LogP contribution < -0.4 is 0 Å². The van der Waals surface area contributed by atoms with Gasteiger partial charge in [0.05, 0.1) is 11.8 Å². The summed E-state index contributed by atoms with van der Waals surface area (Å²) in [5, 5.41) is 1.12. The van der Waals surface area contributed by atoms with Crippen LogP contribution in [0.5, 0.6) is 0 Å². The Balaban J connectivity index is 1.97. The van der Waals surface area contributed by atoms with Crippen molar-refractivity contribution in [2.75, 3.05) is 0 Å². The number of benzene rings is 1. The first kappa shape index (κ1) is 20.1. The van der Waals surface area contributed by atoms with Gasteiger partial charge in [-0.2, -0.15) is 0 Å². The number of ketones is 2. The SMILES string of the molecule is C#CC(=O)c1ccc(C2=N[C@@H](CC(C)=O)c3ccc(C)n3-c3sc(C)c(C)c32)cc1. The third-order valence-electron chi connectivity index (χ3n) is 5.57. The summed E-state index contributed by atoms with van der Waals surface area (Å²) in [4.78, 5) is 30.2. The zero-order valence-electron chi connectivity index (χ0n) is 17.4. The van der Waals surface area contributed by atoms with Crippen molar-refractivity contribution in [2.45, 2.75) is 40.2 Å². The summed E-state index contributed by atoms with van der Waals surface area (Å²) in [5.74, 6) is 1.91. The van der Waals surface area contributed by atoms with E-state index in [1.54, 1.807) is 30.4 Å². The Labute approximate surface area is 180 Å². The number of aliphatic imine (C=N–C) groups is 1. The Morgan fingerprint density at radius 1 is 1.13 bits per heavy atom. The second-order valence-electron chi connectivity index (χ2n) is 7.65. The molecule has 1 aliphatic rings. The molecular weight excluding hydrogens is 392 g/mol. The quantitative estimate of drug-likeness (QED) is 0.337. The minimum absolute atomic E-state index is 0.0987. The topological polar surface area (TPSA) is 51.4 Å². The molecule has 3 heterocycles. The number of carbonyl (C=O) groups is 2. The number of aryl methyl sites for hydroxylation is 2. The Morgan fingerprint density at radius 3 is 2.47 bits per heavy atom. The first-order valence-corrected chi connectivity index (χ1v) is 10.6. The number of Topliss-reactive ketones (excluding diaryl/α,β-unsaturated/α-hetero) is 2. The lowest BCUT2D eigenvalue weighted by atomic mass is 9.98. The number of aromatic nitrogens is 1. The van der Waals surface area contributed by atoms with E-state index < -0.39 is 0 Å². The number of terminal acetylenes is 1. The molecule has 30 heavy (non-hydrogen) atoms. The van der Waals surface area contributed by atoms with Crippen LogP contribution in [0, 0.1) is 33.1 Å². The van der Waals surface area contributed by atoms with Gasteiger partial charge in [-0.25, -0.2) is 0 Å². The number of rotatable bonds is 4. The molecule has 0 saturated carbocycles. The monoisotopic (exact) mass is 414 g/mol. The molecule has 1 aromatic carbocycles. The van der Waals surface area contributed by atoms with Gasteiger partial charge in [0.2, 0.25) is 5.78 Å². The van der Waals surface area contributed by atoms with E-state index in [-0.39, 0.29) is 17.6 Å². The third-order valence-corrected chi connectivity index (χ3v) is 6.76. The van der Waals surface area contributed by atoms with E-state index in [1.807, 2.05) is 12.1 Å². The normalized spacial score (nSPS) is 14.9. The van der Waals surface area contributed by atoms with E-state index in [0.717, 1.165) is 33.2 Å². The summed E-state index contributed by atoms with van der Waals surface area (Å²) in [7, 11) is 0. The highest BCUT2D eigenvalue weighted by atomic mass is 32.1. The Morgan fingerprint density at radius 2 is 1.83 bits per heavy atom. The van der Waals surface area contributed by atoms with Crippen LogP contribution in [0.2, 0.25) is 0 Å². The first-order chi connectivity index (χ1) is 14.3. The summed E-state index contributed by atoms with van der Waals surface area (Å²) >= 11 is 1.74. The molecular formula is C25H22N2O2S. The number of hydrogen-bond acceptors (Lipinski definition) is 4. The fraction of sp³-hybridized carbons (Fsp3) is 0.240. The van der Waals surface area contributed by atoms with Crippen molar-refractivity contribution in [3.63, 3.8) is 0 Å². The van der Waals surface area contributed by atoms with E-state index in [2.05, 4.69) is 43.4 Å². The molecule has 1 atom stereocenters. The third kappa shape index (κ3) is 3.24. The summed E-state index contributed by atoms with van der Waals surface area (Å²) in [6.45, 7) is 7.91. The number of nitrogens with zero attached hydrogens (tertiary/aromatic N) is 2. The van der Waals surface area contributed by atoms with Crippen molar-refractivity contribution in [3.8, 4) is 17.3 Å². The van der Waals surface area contributed by atoms with Crippen molar-refractivity contribution in [1.29, 1.82) is 0 Å². The Bertz CT molecular complexity index is 1250. The summed E-state index contributed by atoms with van der Waals surface area (Å²) in [5.41, 5.74) is 6.65. The summed E-state index contributed by atoms with van der Waals surface area (Å²) in [6.07, 6.45) is 5.59. The highest BCUT2D eigenvalue weighted by Crippen LogP contribution is 2.40. The Kier molecular flexibility index (Phi) is 5.05. The summed E-state index contributed by atoms with van der Waals surface area (Å²) < 4.78 is 2.24. The molecule has 0 spiro atoms. The average molecular weight is 415 g/mol. The van der Waals surface area contributed by atoms with E-state index in [1.165, 1.54) is 10.4 Å². The van der Waals surface area contributed by atoms with Crippen LogP contribution in [0.25, 0.3) is 5.00 Å². The molecule has 0 fully saturated rings. The number of thiophene rings is 1. The molecule has 1 aliphatic heterocycles. The van der Waals surface area contributed by atoms with Crippen molar-refractivity contribution in [2.24, 2.45) is 4.99 Å². The molecule has 0 saturated heterocycles. The van der Waals surface area contributed by atoms with Gasteiger partial charge in [-0.15, -0.1) is 17.8 Å². The molecule has 3 aromatic rings. The van der Waals surface area contributed by atoms with E-state index in [9.17, 15) is 9.59 Å². The molecule has 0 N–H and O–H groups in total. The number of fused-ring (bicyclic) bond motifs is 3. The van der Waals surface area contributed by atoms with Crippen LogP contribution in [0.15, 0.2) is 41.4 Å². The van der Waals surface area contributed by atoms with Gasteiger partial charge in [-0.1, -0.05) is 12.1 Å². The zero-order chi connectivity index (χ0) is 21.6. The zero-order valence-corrected chi connectivity index (χ0v) is 18.3. The largest absolute Gasteiger partial charge is 0.307 e. The molecule has 0 aliphatic carbocycles. The van der Waals surface area contributed by atoms with Crippen LogP contribution in [0.1, 0.15) is 62.7 Å². The predicted octanol–water partition coefficient (Wildman–Crippen LogP) is 5.15. The lowest BCUT2D eigenvalue weighted by Crippen LogP contribution is -2.09. The smallest absolute Gasteiger partial charge is 0.235 e. The van der Waals surface area contributed by atoms with Crippen LogP contribution in [0.4, 0.5) is 0 Å². The van der Waals surface area contributed by atoms with Gasteiger partial charge in [-0.05, 0) is 63.4 Å². The summed E-state index contributed by atoms with van der Waals surface area (Å²) in [6, 6.07) is 11.1. The molecule has 4 rings (SSSR count). The van der Waals surface area contributed by atoms with Crippen LogP contribution in [-0.4, -0.2) is 21.8 Å². The number of carbonyl (C=O) groups excluding carboxylic acids is 2. The molecule has 0 amide bonds. The van der Waals surface area contributed by atoms with E-state index >= 15 is 0 Å². The van der Waals surface area contributed by atoms with Gasteiger partial charge >= 0.3 is 0 Å². The minimum atomic E-state index is -0.339. The van der Waals surface area contributed by atoms with Crippen LogP contribution >= 0.6 is 11.3 Å². The van der Waals surface area contributed by atoms with Gasteiger partial charge in [-0.3, -0.25) is 14.6 Å². The molecule has 4 nitrogen and oxygen atoms in total. The van der Waals surface area contributed by atoms with Crippen molar-refractivity contribution in [1.82, 2.24) is 4.57 Å². The van der Waals surface area contributed by atoms with Crippen molar-refractivity contribution >= 4 is 28.6 Å². The maximum absolute atomic E-state index is 12.0. The maximum atomic E-state index is 12.0. The highest BCUT2D eigenvalue weighted by Gasteiger charge is 2.30. The van der Waals surface area contributed by atoms with Gasteiger partial charge in [0, 0.05) is 39.4 Å². The standard InChI is InChI=1S/C25H22N2O2S/c1-6-22(29)18-8-10-19(11-9-18)24-23-16(4)17(5)30-25(23)27-14(2)7-12-21(27)20(26-24)13-15(3)28/h1,7-12,20H,13H2,2-5H3/t20-/m0/s1. The molecule has 5 heteroatoms.